The third-order valence-electron chi connectivity index (χ3n) is 2.98. The SMILES string of the molecule is C=CCCC(CN(C)CC(=O)N(C)C)Oc1ncc(Cl)cn1. The molecule has 0 aliphatic rings. The van der Waals surface area contributed by atoms with Crippen molar-refractivity contribution in [1.82, 2.24) is 19.8 Å². The van der Waals surface area contributed by atoms with Gasteiger partial charge in [0.15, 0.2) is 0 Å². The molecule has 6 nitrogen and oxygen atoms in total. The molecule has 0 aromatic carbocycles. The predicted octanol–water partition coefficient (Wildman–Crippen LogP) is 1.86. The highest BCUT2D eigenvalue weighted by Crippen LogP contribution is 2.12. The van der Waals surface area contributed by atoms with Crippen LogP contribution in [-0.2, 0) is 4.79 Å². The minimum absolute atomic E-state index is 0.0488. The molecule has 1 aromatic rings. The molecule has 1 aromatic heterocycles. The van der Waals surface area contributed by atoms with E-state index in [9.17, 15) is 4.79 Å². The summed E-state index contributed by atoms with van der Waals surface area (Å²) in [7, 11) is 5.36. The zero-order valence-corrected chi connectivity index (χ0v) is 14.1. The summed E-state index contributed by atoms with van der Waals surface area (Å²) in [5.74, 6) is 0.0488. The lowest BCUT2D eigenvalue weighted by Crippen LogP contribution is -2.39. The molecule has 0 saturated heterocycles. The summed E-state index contributed by atoms with van der Waals surface area (Å²) in [5.41, 5.74) is 0. The second-order valence-corrected chi connectivity index (χ2v) is 5.71. The first-order valence-electron chi connectivity index (χ1n) is 7.06. The zero-order chi connectivity index (χ0) is 16.5. The number of likely N-dealkylation sites (N-methyl/N-ethyl adjacent to an activating group) is 2. The van der Waals surface area contributed by atoms with E-state index in [1.807, 2.05) is 18.0 Å². The molecular formula is C15H23ClN4O2. The van der Waals surface area contributed by atoms with Gasteiger partial charge in [-0.25, -0.2) is 9.97 Å². The first-order chi connectivity index (χ1) is 10.4. The predicted molar refractivity (Wildman–Crippen MR) is 87.1 cm³/mol. The smallest absolute Gasteiger partial charge is 0.316 e. The maximum Gasteiger partial charge on any atom is 0.316 e. The zero-order valence-electron chi connectivity index (χ0n) is 13.3. The molecule has 0 N–H and O–H groups in total. The van der Waals surface area contributed by atoms with Crippen molar-refractivity contribution in [3.63, 3.8) is 0 Å². The molecule has 0 spiro atoms. The van der Waals surface area contributed by atoms with Crippen LogP contribution in [0.5, 0.6) is 6.01 Å². The Kier molecular flexibility index (Phi) is 7.84. The highest BCUT2D eigenvalue weighted by atomic mass is 35.5. The molecule has 0 fully saturated rings. The van der Waals surface area contributed by atoms with Gasteiger partial charge in [0.2, 0.25) is 5.91 Å². The van der Waals surface area contributed by atoms with E-state index in [2.05, 4.69) is 16.5 Å². The van der Waals surface area contributed by atoms with E-state index in [1.54, 1.807) is 19.0 Å². The minimum atomic E-state index is -0.126. The molecule has 1 heterocycles. The third kappa shape index (κ3) is 6.87. The maximum absolute atomic E-state index is 11.7. The summed E-state index contributed by atoms with van der Waals surface area (Å²) in [6.45, 7) is 4.66. The van der Waals surface area contributed by atoms with Crippen LogP contribution in [0.3, 0.4) is 0 Å². The Bertz CT molecular complexity index is 479. The van der Waals surface area contributed by atoms with Gasteiger partial charge in [-0.3, -0.25) is 9.69 Å². The fourth-order valence-corrected chi connectivity index (χ4v) is 1.88. The Morgan fingerprint density at radius 3 is 2.59 bits per heavy atom. The van der Waals surface area contributed by atoms with E-state index >= 15 is 0 Å². The lowest BCUT2D eigenvalue weighted by Gasteiger charge is -2.24. The highest BCUT2D eigenvalue weighted by molar-refractivity contribution is 6.30. The molecule has 1 rings (SSSR count). The van der Waals surface area contributed by atoms with Crippen molar-refractivity contribution in [2.45, 2.75) is 18.9 Å². The first kappa shape index (κ1) is 18.4. The van der Waals surface area contributed by atoms with Crippen LogP contribution in [0.1, 0.15) is 12.8 Å². The van der Waals surface area contributed by atoms with Gasteiger partial charge in [0.05, 0.1) is 24.0 Å². The Morgan fingerprint density at radius 1 is 1.41 bits per heavy atom. The Morgan fingerprint density at radius 2 is 2.05 bits per heavy atom. The van der Waals surface area contributed by atoms with E-state index in [0.29, 0.717) is 18.1 Å². The highest BCUT2D eigenvalue weighted by Gasteiger charge is 2.17. The van der Waals surface area contributed by atoms with Gasteiger partial charge in [-0.15, -0.1) is 6.58 Å². The number of nitrogens with zero attached hydrogens (tertiary/aromatic N) is 4. The summed E-state index contributed by atoms with van der Waals surface area (Å²) in [6.07, 6.45) is 6.29. The molecule has 1 unspecified atom stereocenters. The van der Waals surface area contributed by atoms with Crippen LogP contribution in [0.25, 0.3) is 0 Å². The van der Waals surface area contributed by atoms with E-state index in [1.165, 1.54) is 12.4 Å². The van der Waals surface area contributed by atoms with Crippen molar-refractivity contribution in [2.24, 2.45) is 0 Å². The van der Waals surface area contributed by atoms with Crippen LogP contribution < -0.4 is 4.74 Å². The molecule has 7 heteroatoms. The third-order valence-corrected chi connectivity index (χ3v) is 3.18. The summed E-state index contributed by atoms with van der Waals surface area (Å²) in [5, 5.41) is 0.462. The van der Waals surface area contributed by atoms with Gasteiger partial charge < -0.3 is 9.64 Å². The molecule has 0 radical (unpaired) electrons. The van der Waals surface area contributed by atoms with E-state index in [0.717, 1.165) is 12.8 Å². The maximum atomic E-state index is 11.7. The standard InChI is InChI=1S/C15H23ClN4O2/c1-5-6-7-13(10-20(4)11-14(21)19(2)3)22-15-17-8-12(16)9-18-15/h5,8-9,13H,1,6-7,10-11H2,2-4H3. The van der Waals surface area contributed by atoms with Crippen molar-refractivity contribution in [3.05, 3.63) is 30.1 Å². The number of halogens is 1. The molecule has 0 saturated carbocycles. The van der Waals surface area contributed by atoms with Crippen molar-refractivity contribution in [1.29, 1.82) is 0 Å². The van der Waals surface area contributed by atoms with Crippen LogP contribution >= 0.6 is 11.6 Å². The van der Waals surface area contributed by atoms with E-state index in [-0.39, 0.29) is 18.0 Å². The summed E-state index contributed by atoms with van der Waals surface area (Å²) in [6, 6.07) is 0.283. The lowest BCUT2D eigenvalue weighted by molar-refractivity contribution is -0.129. The molecule has 1 atom stereocenters. The molecule has 122 valence electrons. The normalized spacial score (nSPS) is 12.0. The van der Waals surface area contributed by atoms with Gasteiger partial charge in [0.25, 0.3) is 0 Å². The number of allylic oxidation sites excluding steroid dienone is 1. The van der Waals surface area contributed by atoms with Gasteiger partial charge in [-0.2, -0.15) is 0 Å². The van der Waals surface area contributed by atoms with Crippen LogP contribution in [0.4, 0.5) is 0 Å². The van der Waals surface area contributed by atoms with E-state index in [4.69, 9.17) is 16.3 Å². The number of amides is 1. The van der Waals surface area contributed by atoms with Gasteiger partial charge in [0, 0.05) is 20.6 Å². The Balaban J connectivity index is 2.61. The number of ether oxygens (including phenoxy) is 1. The lowest BCUT2D eigenvalue weighted by atomic mass is 10.2. The van der Waals surface area contributed by atoms with Crippen molar-refractivity contribution < 1.29 is 9.53 Å². The number of hydrogen-bond acceptors (Lipinski definition) is 5. The van der Waals surface area contributed by atoms with E-state index < -0.39 is 0 Å². The number of carbonyl (C=O) groups excluding carboxylic acids is 1. The number of rotatable bonds is 9. The molecule has 0 bridgehead atoms. The summed E-state index contributed by atoms with van der Waals surface area (Å²) in [4.78, 5) is 23.3. The second kappa shape index (κ2) is 9.38. The molecular weight excluding hydrogens is 304 g/mol. The second-order valence-electron chi connectivity index (χ2n) is 5.27. The monoisotopic (exact) mass is 326 g/mol. The Labute approximate surface area is 136 Å². The average molecular weight is 327 g/mol. The summed E-state index contributed by atoms with van der Waals surface area (Å²) >= 11 is 5.76. The number of carbonyl (C=O) groups is 1. The minimum Gasteiger partial charge on any atom is -0.459 e. The van der Waals surface area contributed by atoms with Crippen molar-refractivity contribution >= 4 is 17.5 Å². The van der Waals surface area contributed by atoms with Crippen molar-refractivity contribution in [3.8, 4) is 6.01 Å². The van der Waals surface area contributed by atoms with Crippen molar-refractivity contribution in [2.75, 3.05) is 34.2 Å². The number of hydrogen-bond donors (Lipinski definition) is 0. The van der Waals surface area contributed by atoms with Gasteiger partial charge in [0.1, 0.15) is 6.10 Å². The van der Waals surface area contributed by atoms with Crippen LogP contribution in [0, 0.1) is 0 Å². The number of aromatic nitrogens is 2. The molecule has 22 heavy (non-hydrogen) atoms. The van der Waals surface area contributed by atoms with Gasteiger partial charge in [-0.05, 0) is 19.9 Å². The Hall–Kier alpha value is -1.66. The van der Waals surface area contributed by atoms with Gasteiger partial charge >= 0.3 is 6.01 Å². The topological polar surface area (TPSA) is 58.6 Å². The van der Waals surface area contributed by atoms with Gasteiger partial charge in [-0.1, -0.05) is 17.7 Å². The average Bonchev–Trinajstić information content (AvgIpc) is 2.46. The molecule has 1 amide bonds. The van der Waals surface area contributed by atoms with Crippen LogP contribution in [0.15, 0.2) is 25.0 Å². The van der Waals surface area contributed by atoms with Crippen LogP contribution in [0.2, 0.25) is 5.02 Å². The fourth-order valence-electron chi connectivity index (χ4n) is 1.79. The summed E-state index contributed by atoms with van der Waals surface area (Å²) < 4.78 is 5.79. The molecule has 0 aliphatic carbocycles. The quantitative estimate of drug-likeness (QED) is 0.648. The largest absolute Gasteiger partial charge is 0.459 e. The fraction of sp³-hybridized carbons (Fsp3) is 0.533. The molecule has 0 aliphatic heterocycles. The first-order valence-corrected chi connectivity index (χ1v) is 7.44. The van der Waals surface area contributed by atoms with Crippen LogP contribution in [-0.4, -0.2) is 66.0 Å².